The van der Waals surface area contributed by atoms with E-state index in [1.807, 2.05) is 0 Å². The summed E-state index contributed by atoms with van der Waals surface area (Å²) in [5, 5.41) is 4.83. The molecule has 0 saturated heterocycles. The van der Waals surface area contributed by atoms with Crippen LogP contribution in [0.4, 0.5) is 0 Å². The third kappa shape index (κ3) is 6.90. The van der Waals surface area contributed by atoms with Crippen molar-refractivity contribution >= 4 is 18.1 Å². The molecule has 2 N–H and O–H groups in total. The monoisotopic (exact) mass is 236 g/mol. The summed E-state index contributed by atoms with van der Waals surface area (Å²) in [7, 11) is 0. The first-order chi connectivity index (χ1) is 8.15. The summed E-state index contributed by atoms with van der Waals surface area (Å²) in [6.07, 6.45) is 7.91. The quantitative estimate of drug-likeness (QED) is 0.251. The van der Waals surface area contributed by atoms with Gasteiger partial charge in [-0.1, -0.05) is 6.08 Å². The van der Waals surface area contributed by atoms with Crippen molar-refractivity contribution in [2.75, 3.05) is 6.54 Å². The smallest absolute Gasteiger partial charge is 0.287 e. The van der Waals surface area contributed by atoms with Gasteiger partial charge in [0.05, 0.1) is 0 Å². The Kier molecular flexibility index (Phi) is 8.03. The Morgan fingerprint density at radius 2 is 2.18 bits per heavy atom. The number of carbonyl (C=O) groups excluding carboxylic acids is 3. The van der Waals surface area contributed by atoms with E-state index in [2.05, 4.69) is 23.1 Å². The van der Waals surface area contributed by atoms with E-state index >= 15 is 0 Å². The molecule has 0 aromatic carbocycles. The fraction of sp³-hybridized carbons (Fsp3) is 0.417. The molecule has 5 nitrogen and oxygen atoms in total. The standard InChI is InChI=1S/C12H16N2O3/c1-3-5-6-10(14-9-15)8-11(16)12(17)13-7-4-2/h1,4,9-10H,2,5-8H2,(H,13,17)(H,14,15). The predicted octanol–water partition coefficient (Wildman–Crippen LogP) is -0.224. The Labute approximate surface area is 101 Å². The molecule has 0 saturated carbocycles. The van der Waals surface area contributed by atoms with Gasteiger partial charge in [-0.15, -0.1) is 18.9 Å². The number of hydrogen-bond acceptors (Lipinski definition) is 3. The maximum Gasteiger partial charge on any atom is 0.287 e. The van der Waals surface area contributed by atoms with Crippen molar-refractivity contribution in [3.05, 3.63) is 12.7 Å². The van der Waals surface area contributed by atoms with E-state index in [4.69, 9.17) is 6.42 Å². The van der Waals surface area contributed by atoms with Crippen LogP contribution < -0.4 is 10.6 Å². The highest BCUT2D eigenvalue weighted by atomic mass is 16.2. The molecule has 0 heterocycles. The van der Waals surface area contributed by atoms with Gasteiger partial charge in [0.1, 0.15) is 0 Å². The van der Waals surface area contributed by atoms with Crippen molar-refractivity contribution in [2.45, 2.75) is 25.3 Å². The van der Waals surface area contributed by atoms with E-state index < -0.39 is 17.7 Å². The summed E-state index contributed by atoms with van der Waals surface area (Å²) >= 11 is 0. The van der Waals surface area contributed by atoms with Crippen LogP contribution in [-0.4, -0.2) is 30.7 Å². The van der Waals surface area contributed by atoms with Crippen LogP contribution in [-0.2, 0) is 14.4 Å². The molecule has 0 aromatic heterocycles. The fourth-order valence-electron chi connectivity index (χ4n) is 1.18. The van der Waals surface area contributed by atoms with Gasteiger partial charge in [-0.2, -0.15) is 0 Å². The molecule has 0 rings (SSSR count). The topological polar surface area (TPSA) is 75.3 Å². The normalized spacial score (nSPS) is 10.8. The van der Waals surface area contributed by atoms with Crippen molar-refractivity contribution < 1.29 is 14.4 Å². The second-order valence-corrected chi connectivity index (χ2v) is 3.35. The lowest BCUT2D eigenvalue weighted by Gasteiger charge is -2.13. The van der Waals surface area contributed by atoms with Gasteiger partial charge in [-0.05, 0) is 6.42 Å². The Balaban J connectivity index is 4.18. The van der Waals surface area contributed by atoms with Crippen LogP contribution in [0.5, 0.6) is 0 Å². The zero-order valence-electron chi connectivity index (χ0n) is 9.57. The number of nitrogens with one attached hydrogen (secondary N) is 2. The van der Waals surface area contributed by atoms with E-state index in [0.717, 1.165) is 0 Å². The molecular weight excluding hydrogens is 220 g/mol. The molecule has 1 atom stereocenters. The average Bonchev–Trinajstić information content (AvgIpc) is 2.33. The van der Waals surface area contributed by atoms with E-state index in [1.54, 1.807) is 0 Å². The SMILES string of the molecule is C#CCCC(CC(=O)C(=O)NCC=C)NC=O. The molecule has 0 bridgehead atoms. The number of carbonyl (C=O) groups is 3. The molecule has 0 aliphatic heterocycles. The number of amides is 2. The van der Waals surface area contributed by atoms with Crippen molar-refractivity contribution in [3.8, 4) is 12.3 Å². The molecule has 17 heavy (non-hydrogen) atoms. The third-order valence-electron chi connectivity index (χ3n) is 2.03. The second-order valence-electron chi connectivity index (χ2n) is 3.35. The average molecular weight is 236 g/mol. The first kappa shape index (κ1) is 14.9. The molecule has 0 spiro atoms. The lowest BCUT2D eigenvalue weighted by Crippen LogP contribution is -2.37. The number of Topliss-reactive ketones (excluding diaryl/α,β-unsaturated/α-hetero) is 1. The lowest BCUT2D eigenvalue weighted by molar-refractivity contribution is -0.138. The number of hydrogen-bond donors (Lipinski definition) is 2. The Hall–Kier alpha value is -2.09. The van der Waals surface area contributed by atoms with Gasteiger partial charge >= 0.3 is 0 Å². The Morgan fingerprint density at radius 3 is 2.71 bits per heavy atom. The van der Waals surface area contributed by atoms with E-state index in [9.17, 15) is 14.4 Å². The molecule has 0 radical (unpaired) electrons. The van der Waals surface area contributed by atoms with Gasteiger partial charge in [-0.3, -0.25) is 14.4 Å². The zero-order valence-corrected chi connectivity index (χ0v) is 9.57. The molecule has 5 heteroatoms. The Morgan fingerprint density at radius 1 is 1.47 bits per heavy atom. The molecule has 0 aromatic rings. The minimum absolute atomic E-state index is 0.0522. The van der Waals surface area contributed by atoms with E-state index in [0.29, 0.717) is 19.3 Å². The van der Waals surface area contributed by atoms with Gasteiger partial charge < -0.3 is 10.6 Å². The summed E-state index contributed by atoms with van der Waals surface area (Å²) in [5.74, 6) is 1.15. The summed E-state index contributed by atoms with van der Waals surface area (Å²) in [4.78, 5) is 33.0. The predicted molar refractivity (Wildman–Crippen MR) is 63.9 cm³/mol. The van der Waals surface area contributed by atoms with Crippen molar-refractivity contribution in [1.82, 2.24) is 10.6 Å². The highest BCUT2D eigenvalue weighted by Gasteiger charge is 2.18. The van der Waals surface area contributed by atoms with Gasteiger partial charge in [-0.25, -0.2) is 0 Å². The summed E-state index contributed by atoms with van der Waals surface area (Å²) in [5.41, 5.74) is 0. The minimum Gasteiger partial charge on any atom is -0.355 e. The summed E-state index contributed by atoms with van der Waals surface area (Å²) < 4.78 is 0. The van der Waals surface area contributed by atoms with Gasteiger partial charge in [0.2, 0.25) is 12.2 Å². The van der Waals surface area contributed by atoms with Crippen molar-refractivity contribution in [2.24, 2.45) is 0 Å². The first-order valence-electron chi connectivity index (χ1n) is 5.20. The van der Waals surface area contributed by atoms with Crippen LogP contribution in [0, 0.1) is 12.3 Å². The van der Waals surface area contributed by atoms with Crippen molar-refractivity contribution in [3.63, 3.8) is 0 Å². The van der Waals surface area contributed by atoms with Crippen LogP contribution >= 0.6 is 0 Å². The lowest BCUT2D eigenvalue weighted by atomic mass is 10.1. The first-order valence-corrected chi connectivity index (χ1v) is 5.20. The summed E-state index contributed by atoms with van der Waals surface area (Å²) in [6.45, 7) is 3.65. The molecule has 1 unspecified atom stereocenters. The van der Waals surface area contributed by atoms with E-state index in [1.165, 1.54) is 6.08 Å². The highest BCUT2D eigenvalue weighted by Crippen LogP contribution is 2.02. The van der Waals surface area contributed by atoms with Crippen LogP contribution in [0.3, 0.4) is 0 Å². The Bertz CT molecular complexity index is 331. The largest absolute Gasteiger partial charge is 0.355 e. The van der Waals surface area contributed by atoms with Gasteiger partial charge in [0, 0.05) is 25.4 Å². The molecule has 0 aliphatic carbocycles. The van der Waals surface area contributed by atoms with Gasteiger partial charge in [0.15, 0.2) is 0 Å². The van der Waals surface area contributed by atoms with Crippen molar-refractivity contribution in [1.29, 1.82) is 0 Å². The molecule has 0 aliphatic rings. The number of terminal acetylenes is 1. The van der Waals surface area contributed by atoms with Gasteiger partial charge in [0.25, 0.3) is 5.91 Å². The number of ketones is 1. The maximum atomic E-state index is 11.4. The molecule has 92 valence electrons. The second kappa shape index (κ2) is 9.16. The van der Waals surface area contributed by atoms with Crippen LogP contribution in [0.15, 0.2) is 12.7 Å². The number of rotatable bonds is 9. The van der Waals surface area contributed by atoms with Crippen LogP contribution in [0.2, 0.25) is 0 Å². The fourth-order valence-corrected chi connectivity index (χ4v) is 1.18. The maximum absolute atomic E-state index is 11.4. The molecule has 0 fully saturated rings. The highest BCUT2D eigenvalue weighted by molar-refractivity contribution is 6.36. The zero-order chi connectivity index (χ0) is 13.1. The molecule has 2 amide bonds. The van der Waals surface area contributed by atoms with Crippen LogP contribution in [0.1, 0.15) is 19.3 Å². The third-order valence-corrected chi connectivity index (χ3v) is 2.03. The summed E-state index contributed by atoms with van der Waals surface area (Å²) in [6, 6.07) is -0.398. The van der Waals surface area contributed by atoms with E-state index in [-0.39, 0.29) is 13.0 Å². The minimum atomic E-state index is -0.677. The molecular formula is C12H16N2O3. The van der Waals surface area contributed by atoms with Crippen LogP contribution in [0.25, 0.3) is 0 Å².